The molecule has 4 heteroatoms. The Morgan fingerprint density at radius 2 is 2.17 bits per heavy atom. The topological polar surface area (TPSA) is 29.9 Å². The molecule has 1 saturated heterocycles. The Bertz CT molecular complexity index is 469. The van der Waals surface area contributed by atoms with Crippen molar-refractivity contribution in [3.8, 4) is 0 Å². The molecular weight excluding hydrogens is 229 g/mol. The summed E-state index contributed by atoms with van der Waals surface area (Å²) in [4.78, 5) is 4.42. The van der Waals surface area contributed by atoms with E-state index in [0.717, 1.165) is 37.2 Å². The van der Waals surface area contributed by atoms with Gasteiger partial charge in [-0.25, -0.2) is 9.37 Å². The molecule has 1 fully saturated rings. The van der Waals surface area contributed by atoms with Gasteiger partial charge >= 0.3 is 0 Å². The van der Waals surface area contributed by atoms with Crippen LogP contribution in [0.2, 0.25) is 0 Å². The lowest BCUT2D eigenvalue weighted by Gasteiger charge is -2.23. The van der Waals surface area contributed by atoms with Gasteiger partial charge in [0.25, 0.3) is 0 Å². The number of hydrogen-bond donors (Lipinski definition) is 1. The fourth-order valence-electron chi connectivity index (χ4n) is 2.64. The summed E-state index contributed by atoms with van der Waals surface area (Å²) in [5.41, 5.74) is 1.92. The molecule has 0 amide bonds. The summed E-state index contributed by atoms with van der Waals surface area (Å²) in [5, 5.41) is 3.36. The van der Waals surface area contributed by atoms with Crippen LogP contribution in [0.4, 0.5) is 4.39 Å². The third-order valence-corrected chi connectivity index (χ3v) is 3.69. The van der Waals surface area contributed by atoms with Crippen LogP contribution in [0.15, 0.2) is 30.8 Å². The Kier molecular flexibility index (Phi) is 3.28. The molecule has 0 aromatic carbocycles. The summed E-state index contributed by atoms with van der Waals surface area (Å²) in [6.07, 6.45) is 11.1. The minimum atomic E-state index is -0.867. The van der Waals surface area contributed by atoms with E-state index in [1.807, 2.05) is 12.4 Å². The van der Waals surface area contributed by atoms with Crippen molar-refractivity contribution in [1.29, 1.82) is 0 Å². The van der Waals surface area contributed by atoms with Crippen LogP contribution in [0.25, 0.3) is 5.57 Å². The molecule has 0 radical (unpaired) electrons. The van der Waals surface area contributed by atoms with Gasteiger partial charge in [-0.2, -0.15) is 0 Å². The Balaban J connectivity index is 1.76. The van der Waals surface area contributed by atoms with E-state index in [1.165, 1.54) is 0 Å². The molecule has 1 aliphatic carbocycles. The largest absolute Gasteiger partial charge is 0.334 e. The summed E-state index contributed by atoms with van der Waals surface area (Å²) >= 11 is 0. The standard InChI is InChI=1S/C14H18FN3/c15-12-3-1-2-11(8-12)14-9-18(10-17-14)13-4-6-16-7-5-13/h1-3,9-10,12-13,16H,4-8H2. The Hall–Kier alpha value is -1.42. The van der Waals surface area contributed by atoms with E-state index in [9.17, 15) is 4.39 Å². The fraction of sp³-hybridized carbons (Fsp3) is 0.500. The molecule has 1 aliphatic heterocycles. The van der Waals surface area contributed by atoms with Gasteiger partial charge in [0.2, 0.25) is 0 Å². The normalized spacial score (nSPS) is 25.2. The fourth-order valence-corrected chi connectivity index (χ4v) is 2.64. The molecule has 96 valence electrons. The van der Waals surface area contributed by atoms with E-state index in [1.54, 1.807) is 12.2 Å². The first-order chi connectivity index (χ1) is 8.83. The van der Waals surface area contributed by atoms with Crippen LogP contribution >= 0.6 is 0 Å². The number of nitrogens with zero attached hydrogens (tertiary/aromatic N) is 2. The number of hydrogen-bond acceptors (Lipinski definition) is 2. The van der Waals surface area contributed by atoms with Crippen molar-refractivity contribution >= 4 is 5.57 Å². The summed E-state index contributed by atoms with van der Waals surface area (Å²) in [5.74, 6) is 0. The number of piperidine rings is 1. The number of rotatable bonds is 2. The van der Waals surface area contributed by atoms with Gasteiger partial charge in [-0.3, -0.25) is 0 Å². The van der Waals surface area contributed by atoms with Crippen LogP contribution < -0.4 is 5.32 Å². The van der Waals surface area contributed by atoms with Gasteiger partial charge in [0, 0.05) is 18.7 Å². The van der Waals surface area contributed by atoms with Crippen LogP contribution in [-0.2, 0) is 0 Å². The van der Waals surface area contributed by atoms with Crippen molar-refractivity contribution in [3.63, 3.8) is 0 Å². The van der Waals surface area contributed by atoms with E-state index in [-0.39, 0.29) is 0 Å². The molecule has 0 spiro atoms. The molecule has 1 aromatic heterocycles. The predicted octanol–water partition coefficient (Wildman–Crippen LogP) is 2.49. The third kappa shape index (κ3) is 2.38. The van der Waals surface area contributed by atoms with Crippen LogP contribution in [0, 0.1) is 0 Å². The average molecular weight is 247 g/mol. The minimum Gasteiger partial charge on any atom is -0.334 e. The smallest absolute Gasteiger partial charge is 0.123 e. The van der Waals surface area contributed by atoms with Gasteiger partial charge in [-0.15, -0.1) is 0 Å². The second kappa shape index (κ2) is 5.06. The lowest BCUT2D eigenvalue weighted by atomic mass is 10.0. The first kappa shape index (κ1) is 11.7. The van der Waals surface area contributed by atoms with E-state index in [2.05, 4.69) is 21.1 Å². The van der Waals surface area contributed by atoms with E-state index >= 15 is 0 Å². The van der Waals surface area contributed by atoms with Gasteiger partial charge < -0.3 is 9.88 Å². The van der Waals surface area contributed by atoms with Crippen LogP contribution in [0.5, 0.6) is 0 Å². The van der Waals surface area contributed by atoms with Crippen LogP contribution in [-0.4, -0.2) is 28.8 Å². The molecule has 3 nitrogen and oxygen atoms in total. The lowest BCUT2D eigenvalue weighted by Crippen LogP contribution is -2.28. The number of nitrogens with one attached hydrogen (secondary N) is 1. The maximum absolute atomic E-state index is 13.3. The molecule has 1 atom stereocenters. The van der Waals surface area contributed by atoms with Gasteiger partial charge in [0.05, 0.1) is 12.0 Å². The van der Waals surface area contributed by atoms with Crippen molar-refractivity contribution in [1.82, 2.24) is 14.9 Å². The van der Waals surface area contributed by atoms with Gasteiger partial charge in [0.15, 0.2) is 0 Å². The Labute approximate surface area is 106 Å². The molecule has 18 heavy (non-hydrogen) atoms. The molecule has 2 aliphatic rings. The molecule has 1 unspecified atom stereocenters. The number of imidazole rings is 1. The highest BCUT2D eigenvalue weighted by Gasteiger charge is 2.17. The SMILES string of the molecule is FC1C=CC=C(c2cn(C3CCNCC3)cn2)C1. The third-order valence-electron chi connectivity index (χ3n) is 3.69. The van der Waals surface area contributed by atoms with E-state index in [0.29, 0.717) is 12.5 Å². The molecule has 3 rings (SSSR count). The average Bonchev–Trinajstić information content (AvgIpc) is 2.89. The number of halogens is 1. The van der Waals surface area contributed by atoms with Gasteiger partial charge in [0.1, 0.15) is 6.17 Å². The Morgan fingerprint density at radius 3 is 2.94 bits per heavy atom. The quantitative estimate of drug-likeness (QED) is 0.870. The van der Waals surface area contributed by atoms with Crippen molar-refractivity contribution in [2.24, 2.45) is 0 Å². The van der Waals surface area contributed by atoms with Gasteiger partial charge in [-0.05, 0) is 31.5 Å². The minimum absolute atomic E-state index is 0.444. The number of allylic oxidation sites excluding steroid dienone is 4. The van der Waals surface area contributed by atoms with Crippen LogP contribution in [0.3, 0.4) is 0 Å². The number of aromatic nitrogens is 2. The summed E-state index contributed by atoms with van der Waals surface area (Å²) < 4.78 is 15.5. The molecule has 2 heterocycles. The zero-order valence-electron chi connectivity index (χ0n) is 10.3. The highest BCUT2D eigenvalue weighted by Crippen LogP contribution is 2.26. The maximum atomic E-state index is 13.3. The van der Waals surface area contributed by atoms with Crippen molar-refractivity contribution in [2.45, 2.75) is 31.5 Å². The second-order valence-electron chi connectivity index (χ2n) is 4.98. The van der Waals surface area contributed by atoms with Crippen molar-refractivity contribution in [2.75, 3.05) is 13.1 Å². The van der Waals surface area contributed by atoms with Crippen molar-refractivity contribution in [3.05, 3.63) is 36.4 Å². The van der Waals surface area contributed by atoms with E-state index in [4.69, 9.17) is 0 Å². The van der Waals surface area contributed by atoms with Gasteiger partial charge in [-0.1, -0.05) is 18.2 Å². The molecule has 1 N–H and O–H groups in total. The number of alkyl halides is 1. The Morgan fingerprint density at radius 1 is 1.33 bits per heavy atom. The highest BCUT2D eigenvalue weighted by molar-refractivity contribution is 5.65. The monoisotopic (exact) mass is 247 g/mol. The van der Waals surface area contributed by atoms with Crippen molar-refractivity contribution < 1.29 is 4.39 Å². The lowest BCUT2D eigenvalue weighted by molar-refractivity contribution is 0.368. The van der Waals surface area contributed by atoms with Crippen LogP contribution in [0.1, 0.15) is 31.0 Å². The summed E-state index contributed by atoms with van der Waals surface area (Å²) in [6.45, 7) is 2.13. The zero-order chi connectivity index (χ0) is 12.4. The zero-order valence-corrected chi connectivity index (χ0v) is 10.3. The summed E-state index contributed by atoms with van der Waals surface area (Å²) in [6, 6.07) is 0.536. The molecule has 1 aromatic rings. The maximum Gasteiger partial charge on any atom is 0.123 e. The van der Waals surface area contributed by atoms with E-state index < -0.39 is 6.17 Å². The first-order valence-electron chi connectivity index (χ1n) is 6.59. The highest BCUT2D eigenvalue weighted by atomic mass is 19.1. The second-order valence-corrected chi connectivity index (χ2v) is 4.98. The molecular formula is C14H18FN3. The predicted molar refractivity (Wildman–Crippen MR) is 70.0 cm³/mol. The molecule has 0 bridgehead atoms. The molecule has 0 saturated carbocycles. The summed E-state index contributed by atoms with van der Waals surface area (Å²) in [7, 11) is 0. The first-order valence-corrected chi connectivity index (χ1v) is 6.59.